The molecule has 0 aliphatic carbocycles. The van der Waals surface area contributed by atoms with Crippen molar-refractivity contribution in [1.29, 1.82) is 0 Å². The fraction of sp³-hybridized carbons (Fsp3) is 0.435. The number of nitrogens with two attached hydrogens (primary N) is 1. The van der Waals surface area contributed by atoms with Crippen molar-refractivity contribution in [3.63, 3.8) is 0 Å². The van der Waals surface area contributed by atoms with E-state index in [9.17, 15) is 4.79 Å². The molecule has 0 saturated carbocycles. The standard InChI is InChI=1S/C23H32N6O2/c1-4-5-16(2)25-21-20-19(26-23(24)27-21)10-11-29(22(20)31)15-18-8-6-17(7-9-18)14-28(3)12-13-30/h6-11,16,30H,4-5,12-15H2,1-3H3,(H3,24,25,26,27). The normalized spacial score (nSPS) is 12.4. The van der Waals surface area contributed by atoms with Gasteiger partial charge < -0.3 is 20.7 Å². The Morgan fingerprint density at radius 2 is 1.90 bits per heavy atom. The molecule has 0 spiro atoms. The molecule has 8 nitrogen and oxygen atoms in total. The van der Waals surface area contributed by atoms with Crippen LogP contribution in [0.25, 0.3) is 10.9 Å². The Balaban J connectivity index is 1.87. The van der Waals surface area contributed by atoms with Crippen LogP contribution in [0.5, 0.6) is 0 Å². The Kier molecular flexibility index (Phi) is 7.59. The van der Waals surface area contributed by atoms with Gasteiger partial charge in [-0.15, -0.1) is 0 Å². The van der Waals surface area contributed by atoms with Gasteiger partial charge in [0.15, 0.2) is 0 Å². The van der Waals surface area contributed by atoms with Crippen LogP contribution < -0.4 is 16.6 Å². The number of rotatable bonds is 10. The van der Waals surface area contributed by atoms with Gasteiger partial charge in [-0.1, -0.05) is 37.6 Å². The second-order valence-corrected chi connectivity index (χ2v) is 8.05. The monoisotopic (exact) mass is 424 g/mol. The van der Waals surface area contributed by atoms with E-state index in [4.69, 9.17) is 10.8 Å². The van der Waals surface area contributed by atoms with Crippen LogP contribution in [0, 0.1) is 0 Å². The Morgan fingerprint density at radius 1 is 1.19 bits per heavy atom. The number of nitrogen functional groups attached to an aromatic ring is 1. The highest BCUT2D eigenvalue weighted by Gasteiger charge is 2.14. The van der Waals surface area contributed by atoms with Gasteiger partial charge in [0.05, 0.1) is 18.7 Å². The largest absolute Gasteiger partial charge is 0.395 e. The number of hydrogen-bond donors (Lipinski definition) is 3. The molecule has 3 rings (SSSR count). The van der Waals surface area contributed by atoms with E-state index in [0.29, 0.717) is 29.8 Å². The van der Waals surface area contributed by atoms with Crippen LogP contribution in [0.2, 0.25) is 0 Å². The first kappa shape index (κ1) is 22.7. The van der Waals surface area contributed by atoms with E-state index in [-0.39, 0.29) is 24.2 Å². The number of aliphatic hydroxyl groups excluding tert-OH is 1. The van der Waals surface area contributed by atoms with E-state index in [1.54, 1.807) is 10.8 Å². The van der Waals surface area contributed by atoms with Crippen LogP contribution >= 0.6 is 0 Å². The van der Waals surface area contributed by atoms with Crippen molar-refractivity contribution < 1.29 is 5.11 Å². The maximum atomic E-state index is 13.3. The molecular weight excluding hydrogens is 392 g/mol. The molecule has 0 fully saturated rings. The van der Waals surface area contributed by atoms with E-state index < -0.39 is 0 Å². The molecule has 0 amide bonds. The van der Waals surface area contributed by atoms with Gasteiger partial charge in [0.2, 0.25) is 5.95 Å². The molecule has 0 aliphatic rings. The van der Waals surface area contributed by atoms with Gasteiger partial charge in [0, 0.05) is 25.3 Å². The summed E-state index contributed by atoms with van der Waals surface area (Å²) in [6.07, 6.45) is 3.74. The number of nitrogens with one attached hydrogen (secondary N) is 1. The number of fused-ring (bicyclic) bond motifs is 1. The molecule has 8 heteroatoms. The summed E-state index contributed by atoms with van der Waals surface area (Å²) in [5, 5.41) is 12.8. The molecule has 0 saturated heterocycles. The van der Waals surface area contributed by atoms with Crippen molar-refractivity contribution >= 4 is 22.7 Å². The van der Waals surface area contributed by atoms with Crippen LogP contribution in [0.3, 0.4) is 0 Å². The first-order valence-corrected chi connectivity index (χ1v) is 10.7. The average Bonchev–Trinajstić information content (AvgIpc) is 2.71. The molecule has 1 atom stereocenters. The van der Waals surface area contributed by atoms with Crippen molar-refractivity contribution in [2.24, 2.45) is 0 Å². The molecule has 0 radical (unpaired) electrons. The quantitative estimate of drug-likeness (QED) is 0.459. The van der Waals surface area contributed by atoms with Crippen molar-refractivity contribution in [2.75, 3.05) is 31.2 Å². The predicted molar refractivity (Wildman–Crippen MR) is 125 cm³/mol. The fourth-order valence-corrected chi connectivity index (χ4v) is 3.68. The number of likely N-dealkylation sites (N-methyl/N-ethyl adjacent to an activating group) is 1. The minimum Gasteiger partial charge on any atom is -0.395 e. The molecule has 0 aliphatic heterocycles. The van der Waals surface area contributed by atoms with E-state index >= 15 is 0 Å². The van der Waals surface area contributed by atoms with Gasteiger partial charge in [0.25, 0.3) is 5.56 Å². The lowest BCUT2D eigenvalue weighted by atomic mass is 10.1. The van der Waals surface area contributed by atoms with Crippen molar-refractivity contribution in [2.45, 2.75) is 45.8 Å². The van der Waals surface area contributed by atoms with Crippen LogP contribution in [-0.2, 0) is 13.1 Å². The first-order chi connectivity index (χ1) is 14.9. The maximum absolute atomic E-state index is 13.3. The molecule has 3 aromatic rings. The van der Waals surface area contributed by atoms with E-state index in [2.05, 4.69) is 46.2 Å². The number of pyridine rings is 1. The van der Waals surface area contributed by atoms with Crippen LogP contribution in [-0.4, -0.2) is 50.8 Å². The first-order valence-electron chi connectivity index (χ1n) is 10.7. The molecule has 2 aromatic heterocycles. The molecule has 166 valence electrons. The summed E-state index contributed by atoms with van der Waals surface area (Å²) in [5.41, 5.74) is 8.45. The zero-order valence-corrected chi connectivity index (χ0v) is 18.5. The van der Waals surface area contributed by atoms with Crippen LogP contribution in [0.15, 0.2) is 41.3 Å². The second kappa shape index (κ2) is 10.4. The summed E-state index contributed by atoms with van der Waals surface area (Å²) in [5.74, 6) is 0.641. The summed E-state index contributed by atoms with van der Waals surface area (Å²) in [6.45, 7) is 6.18. The van der Waals surface area contributed by atoms with Crippen molar-refractivity contribution in [1.82, 2.24) is 19.4 Å². The molecule has 1 aromatic carbocycles. The van der Waals surface area contributed by atoms with Gasteiger partial charge in [-0.3, -0.25) is 9.69 Å². The Labute approximate surface area is 182 Å². The summed E-state index contributed by atoms with van der Waals surface area (Å²) in [4.78, 5) is 23.9. The van der Waals surface area contributed by atoms with Gasteiger partial charge in [0.1, 0.15) is 11.2 Å². The minimum absolute atomic E-state index is 0.142. The van der Waals surface area contributed by atoms with Crippen LogP contribution in [0.4, 0.5) is 11.8 Å². The lowest BCUT2D eigenvalue weighted by Crippen LogP contribution is -2.24. The lowest BCUT2D eigenvalue weighted by Gasteiger charge is -2.16. The smallest absolute Gasteiger partial charge is 0.264 e. The third kappa shape index (κ3) is 5.80. The summed E-state index contributed by atoms with van der Waals surface area (Å²) >= 11 is 0. The third-order valence-corrected chi connectivity index (χ3v) is 5.26. The van der Waals surface area contributed by atoms with Gasteiger partial charge in [-0.25, -0.2) is 4.98 Å². The molecule has 0 bridgehead atoms. The molecular formula is C23H32N6O2. The molecule has 4 N–H and O–H groups in total. The number of anilines is 2. The van der Waals surface area contributed by atoms with Crippen molar-refractivity contribution in [3.05, 3.63) is 58.0 Å². The van der Waals surface area contributed by atoms with Gasteiger partial charge in [-0.2, -0.15) is 4.98 Å². The Morgan fingerprint density at radius 3 is 2.58 bits per heavy atom. The highest BCUT2D eigenvalue weighted by atomic mass is 16.3. The highest BCUT2D eigenvalue weighted by Crippen LogP contribution is 2.19. The summed E-state index contributed by atoms with van der Waals surface area (Å²) in [6, 6.07) is 10.1. The lowest BCUT2D eigenvalue weighted by molar-refractivity contribution is 0.217. The second-order valence-electron chi connectivity index (χ2n) is 8.05. The Bertz CT molecular complexity index is 1060. The predicted octanol–water partition coefficient (Wildman–Crippen LogP) is 2.45. The molecule has 31 heavy (non-hydrogen) atoms. The number of nitrogens with zero attached hydrogens (tertiary/aromatic N) is 4. The SMILES string of the molecule is CCCC(C)Nc1nc(N)nc2ccn(Cc3ccc(CN(C)CCO)cc3)c(=O)c12. The third-order valence-electron chi connectivity index (χ3n) is 5.26. The molecule has 1 unspecified atom stereocenters. The zero-order chi connectivity index (χ0) is 22.4. The van der Waals surface area contributed by atoms with Crippen molar-refractivity contribution in [3.8, 4) is 0 Å². The minimum atomic E-state index is -0.143. The fourth-order valence-electron chi connectivity index (χ4n) is 3.68. The average molecular weight is 425 g/mol. The molecule has 2 heterocycles. The summed E-state index contributed by atoms with van der Waals surface area (Å²) < 4.78 is 1.67. The highest BCUT2D eigenvalue weighted by molar-refractivity contribution is 5.89. The summed E-state index contributed by atoms with van der Waals surface area (Å²) in [7, 11) is 1.97. The zero-order valence-electron chi connectivity index (χ0n) is 18.5. The van der Waals surface area contributed by atoms with E-state index in [1.807, 2.05) is 25.2 Å². The van der Waals surface area contributed by atoms with E-state index in [1.165, 1.54) is 0 Å². The number of hydrogen-bond acceptors (Lipinski definition) is 7. The van der Waals surface area contributed by atoms with Gasteiger partial charge in [-0.05, 0) is 37.6 Å². The number of benzene rings is 1. The Hall–Kier alpha value is -2.97. The van der Waals surface area contributed by atoms with Gasteiger partial charge >= 0.3 is 0 Å². The topological polar surface area (TPSA) is 109 Å². The maximum Gasteiger partial charge on any atom is 0.264 e. The van der Waals surface area contributed by atoms with Crippen LogP contribution in [0.1, 0.15) is 37.8 Å². The van der Waals surface area contributed by atoms with E-state index in [0.717, 1.165) is 30.5 Å². The number of aliphatic hydroxyl groups is 1. The number of aromatic nitrogens is 3.